The number of rotatable bonds is 4. The van der Waals surface area contributed by atoms with Crippen LogP contribution in [0.15, 0.2) is 48.8 Å². The van der Waals surface area contributed by atoms with Crippen molar-refractivity contribution in [2.45, 2.75) is 18.9 Å². The molecule has 0 unspecified atom stereocenters. The monoisotopic (exact) mass is 470 g/mol. The van der Waals surface area contributed by atoms with Gasteiger partial charge in [0.05, 0.1) is 18.0 Å². The zero-order chi connectivity index (χ0) is 18.4. The Kier molecular flexibility index (Phi) is 3.92. The summed E-state index contributed by atoms with van der Waals surface area (Å²) in [4.78, 5) is 13.3. The average Bonchev–Trinajstić information content (AvgIpc) is 3.45. The Morgan fingerprint density at radius 1 is 1.07 bits per heavy atom. The molecule has 7 nitrogen and oxygen atoms in total. The molecular weight excluding hydrogens is 455 g/mol. The summed E-state index contributed by atoms with van der Waals surface area (Å²) in [6.45, 7) is 0. The van der Waals surface area contributed by atoms with Crippen molar-refractivity contribution in [1.29, 1.82) is 0 Å². The zero-order valence-corrected chi connectivity index (χ0v) is 16.4. The molecule has 1 fully saturated rings. The molecule has 2 N–H and O–H groups in total. The second kappa shape index (κ2) is 6.45. The van der Waals surface area contributed by atoms with Gasteiger partial charge in [0.1, 0.15) is 26.7 Å². The number of hydrogen-bond donors (Lipinski definition) is 1. The molecule has 1 saturated carbocycles. The molecule has 5 rings (SSSR count). The molecule has 0 amide bonds. The minimum atomic E-state index is 0.359. The first-order valence-electron chi connectivity index (χ1n) is 8.58. The van der Waals surface area contributed by atoms with Crippen LogP contribution in [-0.4, -0.2) is 30.7 Å². The van der Waals surface area contributed by atoms with Gasteiger partial charge >= 0.3 is 0 Å². The maximum atomic E-state index is 6.01. The van der Waals surface area contributed by atoms with Crippen LogP contribution in [0.4, 0.5) is 5.82 Å². The summed E-state index contributed by atoms with van der Waals surface area (Å²) in [5.41, 5.74) is 9.88. The summed E-state index contributed by atoms with van der Waals surface area (Å²) in [5.74, 6) is 1.25. The van der Waals surface area contributed by atoms with E-state index in [9.17, 15) is 0 Å². The van der Waals surface area contributed by atoms with Gasteiger partial charge in [-0.05, 0) is 71.8 Å². The third-order valence-corrected chi connectivity index (χ3v) is 5.31. The van der Waals surface area contributed by atoms with Gasteiger partial charge in [-0.25, -0.2) is 14.5 Å². The Labute approximate surface area is 168 Å². The molecule has 0 aromatic carbocycles. The number of halogens is 1. The topological polar surface area (TPSA) is 91.2 Å². The van der Waals surface area contributed by atoms with Gasteiger partial charge in [0, 0.05) is 11.8 Å². The predicted molar refractivity (Wildman–Crippen MR) is 110 cm³/mol. The highest BCUT2D eigenvalue weighted by Crippen LogP contribution is 2.30. The highest BCUT2D eigenvalue weighted by Gasteiger charge is 2.23. The summed E-state index contributed by atoms with van der Waals surface area (Å²) < 4.78 is 8.42. The molecule has 0 aliphatic heterocycles. The number of nitrogens with zero attached hydrogens (tertiary/aromatic N) is 5. The Morgan fingerprint density at radius 3 is 2.67 bits per heavy atom. The molecule has 1 aliphatic rings. The van der Waals surface area contributed by atoms with Gasteiger partial charge in [-0.15, -0.1) is 0 Å². The van der Waals surface area contributed by atoms with Crippen LogP contribution >= 0.6 is 22.6 Å². The third kappa shape index (κ3) is 3.09. The van der Waals surface area contributed by atoms with E-state index in [4.69, 9.17) is 15.6 Å². The molecule has 4 heterocycles. The van der Waals surface area contributed by atoms with Crippen LogP contribution < -0.4 is 10.5 Å². The lowest BCUT2D eigenvalue weighted by atomic mass is 10.2. The van der Waals surface area contributed by atoms with Crippen LogP contribution in [0.5, 0.6) is 5.75 Å². The van der Waals surface area contributed by atoms with Gasteiger partial charge in [-0.2, -0.15) is 5.10 Å². The summed E-state index contributed by atoms with van der Waals surface area (Å²) in [7, 11) is 0. The van der Waals surface area contributed by atoms with Crippen LogP contribution in [0.1, 0.15) is 12.8 Å². The van der Waals surface area contributed by atoms with Crippen molar-refractivity contribution in [3.8, 4) is 28.4 Å². The van der Waals surface area contributed by atoms with E-state index >= 15 is 0 Å². The van der Waals surface area contributed by atoms with Gasteiger partial charge < -0.3 is 10.5 Å². The molecule has 4 aromatic heterocycles. The van der Waals surface area contributed by atoms with Crippen LogP contribution in [0.3, 0.4) is 0 Å². The molecule has 4 aromatic rings. The van der Waals surface area contributed by atoms with Crippen molar-refractivity contribution in [2.75, 3.05) is 5.73 Å². The lowest BCUT2D eigenvalue weighted by Gasteiger charge is -2.05. The zero-order valence-electron chi connectivity index (χ0n) is 14.2. The second-order valence-electron chi connectivity index (χ2n) is 6.37. The highest BCUT2D eigenvalue weighted by molar-refractivity contribution is 14.1. The highest BCUT2D eigenvalue weighted by atomic mass is 127. The predicted octanol–water partition coefficient (Wildman–Crippen LogP) is 3.58. The number of nitrogen functional groups attached to an aromatic ring is 1. The fraction of sp³-hybridized carbons (Fsp3) is 0.158. The number of hydrogen-bond acceptors (Lipinski definition) is 6. The van der Waals surface area contributed by atoms with E-state index < -0.39 is 0 Å². The van der Waals surface area contributed by atoms with E-state index in [1.165, 1.54) is 0 Å². The standard InChI is InChI=1S/C19H15IN6O/c20-18-17(13-2-1-9-22-19(13)21)24-16-8-7-15(25-26(16)18)14-6-5-12(10-23-14)27-11-3-4-11/h1-2,5-11H,3-4H2,(H2,21,22). The molecule has 1 aliphatic carbocycles. The number of nitrogens with two attached hydrogens (primary N) is 1. The lowest BCUT2D eigenvalue weighted by molar-refractivity contribution is 0.302. The van der Waals surface area contributed by atoms with Crippen LogP contribution in [0.25, 0.3) is 28.3 Å². The summed E-state index contributed by atoms with van der Waals surface area (Å²) >= 11 is 2.23. The number of pyridine rings is 2. The van der Waals surface area contributed by atoms with Crippen molar-refractivity contribution in [2.24, 2.45) is 0 Å². The molecule has 0 bridgehead atoms. The van der Waals surface area contributed by atoms with Crippen LogP contribution in [-0.2, 0) is 0 Å². The fourth-order valence-corrected chi connectivity index (χ4v) is 3.58. The third-order valence-electron chi connectivity index (χ3n) is 4.34. The van der Waals surface area contributed by atoms with E-state index in [0.29, 0.717) is 11.9 Å². The second-order valence-corrected chi connectivity index (χ2v) is 7.39. The molecule has 0 radical (unpaired) electrons. The first-order chi connectivity index (χ1) is 13.2. The van der Waals surface area contributed by atoms with Crippen molar-refractivity contribution in [1.82, 2.24) is 24.6 Å². The van der Waals surface area contributed by atoms with Gasteiger partial charge in [-0.1, -0.05) is 0 Å². The number of aromatic nitrogens is 5. The summed E-state index contributed by atoms with van der Waals surface area (Å²) in [6, 6.07) is 11.5. The van der Waals surface area contributed by atoms with Crippen LogP contribution in [0, 0.1) is 3.70 Å². The maximum absolute atomic E-state index is 6.01. The quantitative estimate of drug-likeness (QED) is 0.459. The minimum Gasteiger partial charge on any atom is -0.489 e. The normalized spacial score (nSPS) is 13.8. The number of anilines is 1. The number of fused-ring (bicyclic) bond motifs is 1. The SMILES string of the molecule is Nc1ncccc1-c1nc2ccc(-c3ccc(OC4CC4)cn3)nn2c1I. The smallest absolute Gasteiger partial charge is 0.155 e. The van der Waals surface area contributed by atoms with Crippen molar-refractivity contribution in [3.05, 3.63) is 52.5 Å². The molecule has 0 atom stereocenters. The number of ether oxygens (including phenoxy) is 1. The molecule has 27 heavy (non-hydrogen) atoms. The van der Waals surface area contributed by atoms with Crippen molar-refractivity contribution in [3.63, 3.8) is 0 Å². The minimum absolute atomic E-state index is 0.359. The molecular formula is C19H15IN6O. The lowest BCUT2D eigenvalue weighted by Crippen LogP contribution is -1.99. The van der Waals surface area contributed by atoms with E-state index in [1.807, 2.05) is 36.4 Å². The summed E-state index contributed by atoms with van der Waals surface area (Å²) in [6.07, 6.45) is 6.03. The van der Waals surface area contributed by atoms with E-state index in [-0.39, 0.29) is 0 Å². The molecule has 8 heteroatoms. The van der Waals surface area contributed by atoms with Crippen molar-refractivity contribution >= 4 is 34.1 Å². The molecule has 0 saturated heterocycles. The Hall–Kier alpha value is -2.75. The Balaban J connectivity index is 1.53. The van der Waals surface area contributed by atoms with Gasteiger partial charge in [0.15, 0.2) is 5.65 Å². The first kappa shape index (κ1) is 16.4. The first-order valence-corrected chi connectivity index (χ1v) is 9.66. The average molecular weight is 470 g/mol. The largest absolute Gasteiger partial charge is 0.489 e. The van der Waals surface area contributed by atoms with Gasteiger partial charge in [-0.3, -0.25) is 4.98 Å². The van der Waals surface area contributed by atoms with Gasteiger partial charge in [0.25, 0.3) is 0 Å². The van der Waals surface area contributed by atoms with Crippen molar-refractivity contribution < 1.29 is 4.74 Å². The van der Waals surface area contributed by atoms with Crippen LogP contribution in [0.2, 0.25) is 0 Å². The fourth-order valence-electron chi connectivity index (χ4n) is 2.81. The van der Waals surface area contributed by atoms with E-state index in [0.717, 1.165) is 50.6 Å². The Bertz CT molecular complexity index is 1140. The van der Waals surface area contributed by atoms with Gasteiger partial charge in [0.2, 0.25) is 0 Å². The number of imidazole rings is 1. The molecule has 0 spiro atoms. The maximum Gasteiger partial charge on any atom is 0.155 e. The van der Waals surface area contributed by atoms with E-state index in [2.05, 4.69) is 37.5 Å². The molecule has 134 valence electrons. The Morgan fingerprint density at radius 2 is 1.93 bits per heavy atom. The summed E-state index contributed by atoms with van der Waals surface area (Å²) in [5, 5.41) is 4.71. The van der Waals surface area contributed by atoms with E-state index in [1.54, 1.807) is 16.9 Å².